The molecule has 3 nitrogen and oxygen atoms in total. The van der Waals surface area contributed by atoms with Crippen molar-refractivity contribution in [3.05, 3.63) is 0 Å². The molecule has 0 spiro atoms. The Bertz CT molecular complexity index is 105. The van der Waals surface area contributed by atoms with Crippen LogP contribution in [0.15, 0.2) is 15.4 Å². The SMILES string of the molecule is CC/C=N\N=NC(C)C. The third-order valence-electron chi connectivity index (χ3n) is 0.598. The van der Waals surface area contributed by atoms with E-state index in [4.69, 9.17) is 0 Å². The van der Waals surface area contributed by atoms with Crippen LogP contribution < -0.4 is 0 Å². The molecule has 0 amide bonds. The van der Waals surface area contributed by atoms with Gasteiger partial charge >= 0.3 is 0 Å². The molecule has 52 valence electrons. The highest BCUT2D eigenvalue weighted by molar-refractivity contribution is 5.55. The van der Waals surface area contributed by atoms with Gasteiger partial charge in [-0.2, -0.15) is 5.11 Å². The van der Waals surface area contributed by atoms with Crippen molar-refractivity contribution < 1.29 is 0 Å². The second-order valence-electron chi connectivity index (χ2n) is 2.00. The molecule has 0 saturated carbocycles. The lowest BCUT2D eigenvalue weighted by atomic mass is 10.4. The Balaban J connectivity index is 3.35. The predicted octanol–water partition coefficient (Wildman–Crippen LogP) is 2.24. The van der Waals surface area contributed by atoms with Crippen molar-refractivity contribution in [1.82, 2.24) is 0 Å². The molecule has 0 rings (SSSR count). The average molecular weight is 127 g/mol. The van der Waals surface area contributed by atoms with E-state index in [2.05, 4.69) is 15.4 Å². The van der Waals surface area contributed by atoms with E-state index >= 15 is 0 Å². The van der Waals surface area contributed by atoms with Crippen LogP contribution in [-0.2, 0) is 0 Å². The van der Waals surface area contributed by atoms with E-state index < -0.39 is 0 Å². The number of nitrogens with zero attached hydrogens (tertiary/aromatic N) is 3. The zero-order valence-electron chi connectivity index (χ0n) is 6.20. The maximum absolute atomic E-state index is 3.79. The monoisotopic (exact) mass is 127 g/mol. The van der Waals surface area contributed by atoms with Gasteiger partial charge in [0, 0.05) is 6.21 Å². The topological polar surface area (TPSA) is 37.1 Å². The van der Waals surface area contributed by atoms with Crippen LogP contribution in [0.5, 0.6) is 0 Å². The summed E-state index contributed by atoms with van der Waals surface area (Å²) in [5.74, 6) is 0. The van der Waals surface area contributed by atoms with Crippen molar-refractivity contribution in [2.45, 2.75) is 33.2 Å². The maximum atomic E-state index is 3.79. The molecule has 9 heavy (non-hydrogen) atoms. The third kappa shape index (κ3) is 7.27. The molecular weight excluding hydrogens is 114 g/mol. The third-order valence-corrected chi connectivity index (χ3v) is 0.598. The van der Waals surface area contributed by atoms with Crippen LogP contribution in [0.3, 0.4) is 0 Å². The molecular formula is C6H13N3. The molecule has 0 fully saturated rings. The van der Waals surface area contributed by atoms with Gasteiger partial charge in [0.25, 0.3) is 0 Å². The molecule has 0 aliphatic rings. The summed E-state index contributed by atoms with van der Waals surface area (Å²) in [5, 5.41) is 11.0. The average Bonchev–Trinajstić information content (AvgIpc) is 1.80. The first-order valence-electron chi connectivity index (χ1n) is 3.19. The fourth-order valence-electron chi connectivity index (χ4n) is 0.251. The van der Waals surface area contributed by atoms with Gasteiger partial charge in [0.05, 0.1) is 6.04 Å². The Morgan fingerprint density at radius 2 is 2.11 bits per heavy atom. The Hall–Kier alpha value is -0.730. The van der Waals surface area contributed by atoms with Crippen LogP contribution in [0.25, 0.3) is 0 Å². The van der Waals surface area contributed by atoms with Gasteiger partial charge in [-0.05, 0) is 25.5 Å². The Kier molecular flexibility index (Phi) is 4.97. The molecule has 0 aliphatic heterocycles. The highest BCUT2D eigenvalue weighted by Gasteiger charge is 1.81. The first kappa shape index (κ1) is 8.27. The smallest absolute Gasteiger partial charge is 0.0674 e. The van der Waals surface area contributed by atoms with Crippen LogP contribution in [0.2, 0.25) is 0 Å². The normalized spacial score (nSPS) is 12.4. The van der Waals surface area contributed by atoms with Gasteiger partial charge in [0.15, 0.2) is 0 Å². The van der Waals surface area contributed by atoms with Crippen molar-refractivity contribution in [2.75, 3.05) is 0 Å². The number of rotatable bonds is 3. The van der Waals surface area contributed by atoms with E-state index in [1.807, 2.05) is 20.8 Å². The summed E-state index contributed by atoms with van der Waals surface area (Å²) >= 11 is 0. The van der Waals surface area contributed by atoms with Gasteiger partial charge in [0.1, 0.15) is 0 Å². The van der Waals surface area contributed by atoms with E-state index in [1.54, 1.807) is 6.21 Å². The van der Waals surface area contributed by atoms with Gasteiger partial charge in [0.2, 0.25) is 0 Å². The quantitative estimate of drug-likeness (QED) is 0.317. The molecule has 0 saturated heterocycles. The summed E-state index contributed by atoms with van der Waals surface area (Å²) in [6, 6.07) is 0.249. The van der Waals surface area contributed by atoms with E-state index in [1.165, 1.54) is 0 Å². The fraction of sp³-hybridized carbons (Fsp3) is 0.833. The standard InChI is InChI=1S/C6H13N3/c1-4-5-7-9-8-6(2)3/h5-6H,4H2,1-3H3/b7-5-,9-8?. The van der Waals surface area contributed by atoms with Crippen molar-refractivity contribution in [2.24, 2.45) is 15.4 Å². The van der Waals surface area contributed by atoms with E-state index in [-0.39, 0.29) is 6.04 Å². The zero-order chi connectivity index (χ0) is 7.11. The molecule has 0 aromatic rings. The molecule has 0 aromatic heterocycles. The highest BCUT2D eigenvalue weighted by atomic mass is 15.4. The van der Waals surface area contributed by atoms with Gasteiger partial charge in [-0.15, -0.1) is 5.10 Å². The molecule has 3 heteroatoms. The Morgan fingerprint density at radius 1 is 1.44 bits per heavy atom. The van der Waals surface area contributed by atoms with Crippen molar-refractivity contribution in [3.63, 3.8) is 0 Å². The lowest BCUT2D eigenvalue weighted by Crippen LogP contribution is -1.83. The minimum Gasteiger partial charge on any atom is -0.166 e. The summed E-state index contributed by atoms with van der Waals surface area (Å²) in [4.78, 5) is 0. The van der Waals surface area contributed by atoms with Crippen molar-refractivity contribution >= 4 is 6.21 Å². The van der Waals surface area contributed by atoms with Crippen LogP contribution in [0, 0.1) is 0 Å². The molecule has 0 heterocycles. The Labute approximate surface area is 55.9 Å². The molecule has 0 N–H and O–H groups in total. The zero-order valence-corrected chi connectivity index (χ0v) is 6.20. The predicted molar refractivity (Wildman–Crippen MR) is 38.8 cm³/mol. The second-order valence-corrected chi connectivity index (χ2v) is 2.00. The molecule has 0 radical (unpaired) electrons. The van der Waals surface area contributed by atoms with Crippen LogP contribution >= 0.6 is 0 Å². The maximum Gasteiger partial charge on any atom is 0.0674 e. The summed E-state index contributed by atoms with van der Waals surface area (Å²) in [7, 11) is 0. The van der Waals surface area contributed by atoms with Gasteiger partial charge < -0.3 is 0 Å². The van der Waals surface area contributed by atoms with Gasteiger partial charge in [-0.1, -0.05) is 6.92 Å². The minimum atomic E-state index is 0.249. The molecule has 0 aliphatic carbocycles. The second kappa shape index (κ2) is 5.41. The van der Waals surface area contributed by atoms with Crippen LogP contribution in [-0.4, -0.2) is 12.3 Å². The van der Waals surface area contributed by atoms with E-state index in [9.17, 15) is 0 Å². The minimum absolute atomic E-state index is 0.249. The first-order chi connectivity index (χ1) is 4.27. The summed E-state index contributed by atoms with van der Waals surface area (Å²) in [5.41, 5.74) is 0. The fourth-order valence-corrected chi connectivity index (χ4v) is 0.251. The lowest BCUT2D eigenvalue weighted by molar-refractivity contribution is 0.751. The molecule has 0 aromatic carbocycles. The summed E-state index contributed by atoms with van der Waals surface area (Å²) in [6.45, 7) is 5.93. The number of hydrogen-bond acceptors (Lipinski definition) is 2. The van der Waals surface area contributed by atoms with Crippen LogP contribution in [0.1, 0.15) is 27.2 Å². The summed E-state index contributed by atoms with van der Waals surface area (Å²) < 4.78 is 0. The Morgan fingerprint density at radius 3 is 2.56 bits per heavy atom. The van der Waals surface area contributed by atoms with Gasteiger partial charge in [-0.3, -0.25) is 0 Å². The molecule has 0 bridgehead atoms. The molecule has 0 unspecified atom stereocenters. The van der Waals surface area contributed by atoms with Gasteiger partial charge in [-0.25, -0.2) is 0 Å². The number of hydrogen-bond donors (Lipinski definition) is 0. The van der Waals surface area contributed by atoms with Crippen LogP contribution in [0.4, 0.5) is 0 Å². The van der Waals surface area contributed by atoms with Crippen molar-refractivity contribution in [3.8, 4) is 0 Å². The molecule has 0 atom stereocenters. The highest BCUT2D eigenvalue weighted by Crippen LogP contribution is 1.86. The first-order valence-corrected chi connectivity index (χ1v) is 3.19. The largest absolute Gasteiger partial charge is 0.166 e. The van der Waals surface area contributed by atoms with E-state index in [0.717, 1.165) is 6.42 Å². The lowest BCUT2D eigenvalue weighted by Gasteiger charge is -1.86. The van der Waals surface area contributed by atoms with E-state index in [0.29, 0.717) is 0 Å². The summed E-state index contributed by atoms with van der Waals surface area (Å²) in [6.07, 6.45) is 2.64. The van der Waals surface area contributed by atoms with Crippen molar-refractivity contribution in [1.29, 1.82) is 0 Å².